The zero-order chi connectivity index (χ0) is 14.3. The van der Waals surface area contributed by atoms with Gasteiger partial charge in [0.05, 0.1) is 0 Å². The van der Waals surface area contributed by atoms with E-state index in [2.05, 4.69) is 76.8 Å². The number of rotatable bonds is 7. The topological polar surface area (TPSA) is 0 Å². The summed E-state index contributed by atoms with van der Waals surface area (Å²) in [6.07, 6.45) is 6.08. The molecule has 1 heteroatoms. The fourth-order valence-electron chi connectivity index (χ4n) is 2.77. The monoisotopic (exact) mass is 284 g/mol. The summed E-state index contributed by atoms with van der Waals surface area (Å²) < 4.78 is 0. The van der Waals surface area contributed by atoms with E-state index >= 15 is 0 Å². The lowest BCUT2D eigenvalue weighted by Gasteiger charge is -2.30. The molecule has 2 rings (SSSR count). The first-order chi connectivity index (χ1) is 9.72. The maximum atomic E-state index is 3.16. The Kier molecular flexibility index (Phi) is 5.80. The van der Waals surface area contributed by atoms with Gasteiger partial charge in [-0.3, -0.25) is 0 Å². The fraction of sp³-hybridized carbons (Fsp3) is 0.368. The van der Waals surface area contributed by atoms with E-state index in [1.807, 2.05) is 0 Å². The van der Waals surface area contributed by atoms with Crippen molar-refractivity contribution >= 4 is 9.24 Å². The first-order valence-electron chi connectivity index (χ1n) is 7.58. The van der Waals surface area contributed by atoms with Crippen molar-refractivity contribution in [2.75, 3.05) is 0 Å². The van der Waals surface area contributed by atoms with Gasteiger partial charge in [0.1, 0.15) is 0 Å². The van der Waals surface area contributed by atoms with Gasteiger partial charge in [0.2, 0.25) is 0 Å². The maximum absolute atomic E-state index is 3.16. The summed E-state index contributed by atoms with van der Waals surface area (Å²) in [4.78, 5) is 0. The fourth-order valence-corrected chi connectivity index (χ4v) is 3.45. The summed E-state index contributed by atoms with van der Waals surface area (Å²) in [5.74, 6) is 0. The highest BCUT2D eigenvalue weighted by Crippen LogP contribution is 2.33. The molecule has 0 aliphatic carbocycles. The van der Waals surface area contributed by atoms with Gasteiger partial charge in [-0.1, -0.05) is 80.4 Å². The summed E-state index contributed by atoms with van der Waals surface area (Å²) in [6.45, 7) is 2.27. The Hall–Kier alpha value is -1.13. The van der Waals surface area contributed by atoms with Crippen molar-refractivity contribution in [1.29, 1.82) is 0 Å². The van der Waals surface area contributed by atoms with E-state index in [0.717, 1.165) is 12.8 Å². The zero-order valence-corrected chi connectivity index (χ0v) is 13.5. The molecular weight excluding hydrogens is 259 g/mol. The average molecular weight is 284 g/mol. The van der Waals surface area contributed by atoms with E-state index in [0.29, 0.717) is 0 Å². The van der Waals surface area contributed by atoms with Gasteiger partial charge in [0.15, 0.2) is 0 Å². The summed E-state index contributed by atoms with van der Waals surface area (Å²) >= 11 is 0. The minimum atomic E-state index is 0.277. The van der Waals surface area contributed by atoms with Gasteiger partial charge in [0.25, 0.3) is 0 Å². The van der Waals surface area contributed by atoms with Crippen molar-refractivity contribution in [3.05, 3.63) is 71.8 Å². The molecule has 0 radical (unpaired) electrons. The predicted octanol–water partition coefficient (Wildman–Crippen LogP) is 5.28. The smallest absolute Gasteiger partial charge is 0.00697 e. The highest BCUT2D eigenvalue weighted by atomic mass is 31.0. The maximum Gasteiger partial charge on any atom is -0.00697 e. The van der Waals surface area contributed by atoms with Crippen molar-refractivity contribution in [3.63, 3.8) is 0 Å². The molecule has 1 atom stereocenters. The Morgan fingerprint density at radius 1 is 0.800 bits per heavy atom. The van der Waals surface area contributed by atoms with Gasteiger partial charge in [-0.2, -0.15) is 0 Å². The number of hydrogen-bond donors (Lipinski definition) is 0. The van der Waals surface area contributed by atoms with Crippen molar-refractivity contribution in [1.82, 2.24) is 0 Å². The second-order valence-corrected chi connectivity index (χ2v) is 7.02. The molecule has 20 heavy (non-hydrogen) atoms. The van der Waals surface area contributed by atoms with Crippen LogP contribution in [0.4, 0.5) is 0 Å². The molecule has 0 heterocycles. The summed E-state index contributed by atoms with van der Waals surface area (Å²) in [5.41, 5.74) is 2.88. The average Bonchev–Trinajstić information content (AvgIpc) is 2.47. The quantitative estimate of drug-likeness (QED) is 0.607. The van der Waals surface area contributed by atoms with Gasteiger partial charge < -0.3 is 0 Å². The van der Waals surface area contributed by atoms with E-state index in [4.69, 9.17) is 0 Å². The Morgan fingerprint density at radius 3 is 1.65 bits per heavy atom. The van der Waals surface area contributed by atoms with Crippen molar-refractivity contribution < 1.29 is 0 Å². The Bertz CT molecular complexity index is 448. The molecule has 0 N–H and O–H groups in total. The molecule has 0 aliphatic heterocycles. The van der Waals surface area contributed by atoms with Crippen molar-refractivity contribution in [2.45, 2.75) is 44.2 Å². The molecule has 0 amide bonds. The van der Waals surface area contributed by atoms with E-state index in [-0.39, 0.29) is 5.16 Å². The Morgan fingerprint density at radius 2 is 1.25 bits per heavy atom. The molecule has 0 spiro atoms. The van der Waals surface area contributed by atoms with Crippen LogP contribution in [0.1, 0.15) is 37.3 Å². The van der Waals surface area contributed by atoms with Gasteiger partial charge in [-0.05, 0) is 35.5 Å². The molecule has 0 aromatic heterocycles. The first kappa shape index (κ1) is 15.3. The molecule has 106 valence electrons. The molecule has 0 nitrogen and oxygen atoms in total. The first-order valence-corrected chi connectivity index (χ1v) is 8.16. The normalized spacial score (nSPS) is 11.5. The molecule has 1 unspecified atom stereocenters. The van der Waals surface area contributed by atoms with E-state index in [9.17, 15) is 0 Å². The molecule has 0 aliphatic rings. The van der Waals surface area contributed by atoms with Gasteiger partial charge in [-0.25, -0.2) is 0 Å². The third-order valence-electron chi connectivity index (χ3n) is 3.83. The summed E-state index contributed by atoms with van der Waals surface area (Å²) in [7, 11) is 3.16. The Labute approximate surface area is 125 Å². The van der Waals surface area contributed by atoms with Crippen LogP contribution < -0.4 is 0 Å². The third-order valence-corrected chi connectivity index (χ3v) is 4.52. The van der Waals surface area contributed by atoms with Crippen LogP contribution in [-0.2, 0) is 12.8 Å². The Balaban J connectivity index is 2.12. The standard InChI is InChI=1S/C19H25P/c1-2-3-14-19(20,15-17-10-6-4-7-11-17)16-18-12-8-5-9-13-18/h4-13H,2-3,14-16,20H2,1H3. The van der Waals surface area contributed by atoms with Crippen LogP contribution >= 0.6 is 9.24 Å². The molecule has 0 bridgehead atoms. The third kappa shape index (κ3) is 4.76. The highest BCUT2D eigenvalue weighted by Gasteiger charge is 2.24. The molecule has 0 fully saturated rings. The van der Waals surface area contributed by atoms with Crippen LogP contribution in [0.25, 0.3) is 0 Å². The SMILES string of the molecule is CCCCC(P)(Cc1ccccc1)Cc1ccccc1. The van der Waals surface area contributed by atoms with Gasteiger partial charge in [-0.15, -0.1) is 9.24 Å². The second-order valence-electron chi connectivity index (χ2n) is 5.79. The van der Waals surface area contributed by atoms with Crippen LogP contribution in [0.3, 0.4) is 0 Å². The molecular formula is C19H25P. The minimum absolute atomic E-state index is 0.277. The highest BCUT2D eigenvalue weighted by molar-refractivity contribution is 7.19. The molecule has 2 aromatic carbocycles. The second kappa shape index (κ2) is 7.60. The molecule has 0 saturated carbocycles. The van der Waals surface area contributed by atoms with Gasteiger partial charge in [0, 0.05) is 0 Å². The molecule has 0 saturated heterocycles. The van der Waals surface area contributed by atoms with Crippen molar-refractivity contribution in [3.8, 4) is 0 Å². The van der Waals surface area contributed by atoms with Crippen LogP contribution in [0.2, 0.25) is 0 Å². The van der Waals surface area contributed by atoms with E-state index < -0.39 is 0 Å². The van der Waals surface area contributed by atoms with Gasteiger partial charge >= 0.3 is 0 Å². The lowest BCUT2D eigenvalue weighted by molar-refractivity contribution is 0.507. The molecule has 2 aromatic rings. The predicted molar refractivity (Wildman–Crippen MR) is 92.3 cm³/mol. The largest absolute Gasteiger partial charge is 0.130 e. The van der Waals surface area contributed by atoms with Crippen LogP contribution in [0.15, 0.2) is 60.7 Å². The van der Waals surface area contributed by atoms with Crippen LogP contribution in [0, 0.1) is 0 Å². The van der Waals surface area contributed by atoms with E-state index in [1.54, 1.807) is 0 Å². The van der Waals surface area contributed by atoms with Crippen LogP contribution in [-0.4, -0.2) is 5.16 Å². The number of hydrogen-bond acceptors (Lipinski definition) is 0. The zero-order valence-electron chi connectivity index (χ0n) is 12.4. The van der Waals surface area contributed by atoms with Crippen molar-refractivity contribution in [2.24, 2.45) is 0 Å². The lowest BCUT2D eigenvalue weighted by atomic mass is 9.87. The summed E-state index contributed by atoms with van der Waals surface area (Å²) in [5, 5.41) is 0.277. The minimum Gasteiger partial charge on any atom is -0.130 e. The van der Waals surface area contributed by atoms with E-state index in [1.165, 1.54) is 30.4 Å². The number of unbranched alkanes of at least 4 members (excludes halogenated alkanes) is 1. The van der Waals surface area contributed by atoms with Crippen LogP contribution in [0.5, 0.6) is 0 Å². The summed E-state index contributed by atoms with van der Waals surface area (Å²) in [6, 6.07) is 21.7. The number of benzene rings is 2. The lowest BCUT2D eigenvalue weighted by Crippen LogP contribution is -2.27.